The summed E-state index contributed by atoms with van der Waals surface area (Å²) < 4.78 is 0. The second-order valence-electron chi connectivity index (χ2n) is 6.10. The minimum Gasteiger partial charge on any atom is -0.313 e. The first-order valence-corrected chi connectivity index (χ1v) is 8.15. The number of nitrogens with one attached hydrogen (secondary N) is 1. The fraction of sp³-hybridized carbons (Fsp3) is 1.00. The Bertz CT molecular complexity index is 192. The van der Waals surface area contributed by atoms with E-state index in [4.69, 9.17) is 0 Å². The fourth-order valence-electron chi connectivity index (χ4n) is 3.29. The van der Waals surface area contributed by atoms with E-state index in [0.717, 1.165) is 12.6 Å². The minimum atomic E-state index is 0.699. The molecule has 0 aromatic rings. The van der Waals surface area contributed by atoms with Gasteiger partial charge in [0.2, 0.25) is 0 Å². The van der Waals surface area contributed by atoms with Crippen molar-refractivity contribution in [3.05, 3.63) is 0 Å². The molecule has 1 N–H and O–H groups in total. The minimum absolute atomic E-state index is 0.699. The Balaban J connectivity index is 2.52. The van der Waals surface area contributed by atoms with Crippen LogP contribution < -0.4 is 5.32 Å². The van der Waals surface area contributed by atoms with Gasteiger partial charge in [0, 0.05) is 12.1 Å². The third-order valence-electron chi connectivity index (χ3n) is 4.36. The summed E-state index contributed by atoms with van der Waals surface area (Å²) >= 11 is 0. The van der Waals surface area contributed by atoms with Crippen LogP contribution in [0.25, 0.3) is 0 Å². The molecule has 2 heteroatoms. The largest absolute Gasteiger partial charge is 0.313 e. The molecule has 2 nitrogen and oxygen atoms in total. The van der Waals surface area contributed by atoms with Crippen molar-refractivity contribution >= 4 is 0 Å². The van der Waals surface area contributed by atoms with Crippen molar-refractivity contribution in [1.82, 2.24) is 10.2 Å². The van der Waals surface area contributed by atoms with Gasteiger partial charge in [-0.1, -0.05) is 58.3 Å². The number of likely N-dealkylation sites (N-methyl/N-ethyl adjacent to an activating group) is 2. The van der Waals surface area contributed by atoms with Crippen molar-refractivity contribution in [2.45, 2.75) is 83.2 Å². The number of rotatable bonds is 3. The highest BCUT2D eigenvalue weighted by Gasteiger charge is 2.22. The van der Waals surface area contributed by atoms with Crippen LogP contribution in [0.15, 0.2) is 0 Å². The van der Waals surface area contributed by atoms with E-state index in [0.29, 0.717) is 6.04 Å². The Kier molecular flexibility index (Phi) is 8.70. The summed E-state index contributed by atoms with van der Waals surface area (Å²) in [6.45, 7) is 3.35. The quantitative estimate of drug-likeness (QED) is 0.824. The molecule has 0 radical (unpaired) electrons. The zero-order chi connectivity index (χ0) is 13.2. The molecule has 18 heavy (non-hydrogen) atoms. The van der Waals surface area contributed by atoms with Crippen molar-refractivity contribution in [2.24, 2.45) is 0 Å². The van der Waals surface area contributed by atoms with Gasteiger partial charge in [-0.05, 0) is 33.5 Å². The van der Waals surface area contributed by atoms with Crippen LogP contribution >= 0.6 is 0 Å². The summed E-state index contributed by atoms with van der Waals surface area (Å²) in [6, 6.07) is 1.42. The molecule has 0 amide bonds. The normalized spacial score (nSPS) is 28.7. The Morgan fingerprint density at radius 3 is 1.83 bits per heavy atom. The summed E-state index contributed by atoms with van der Waals surface area (Å²) in [6.07, 6.45) is 14.2. The average molecular weight is 254 g/mol. The van der Waals surface area contributed by atoms with E-state index in [1.165, 1.54) is 64.2 Å². The van der Waals surface area contributed by atoms with Crippen molar-refractivity contribution < 1.29 is 0 Å². The molecule has 2 atom stereocenters. The molecule has 0 aliphatic heterocycles. The van der Waals surface area contributed by atoms with Crippen LogP contribution in [0.2, 0.25) is 0 Å². The topological polar surface area (TPSA) is 15.3 Å². The zero-order valence-electron chi connectivity index (χ0n) is 12.9. The van der Waals surface area contributed by atoms with E-state index in [1.807, 2.05) is 0 Å². The molecule has 0 spiro atoms. The summed E-state index contributed by atoms with van der Waals surface area (Å²) in [5.74, 6) is 0. The maximum absolute atomic E-state index is 3.73. The molecule has 0 saturated heterocycles. The zero-order valence-corrected chi connectivity index (χ0v) is 12.9. The predicted octanol–water partition coefficient (Wildman–Crippen LogP) is 3.81. The monoisotopic (exact) mass is 254 g/mol. The predicted molar refractivity (Wildman–Crippen MR) is 81.1 cm³/mol. The lowest BCUT2D eigenvalue weighted by Gasteiger charge is -2.33. The second-order valence-corrected chi connectivity index (χ2v) is 6.10. The smallest absolute Gasteiger partial charge is 0.0243 e. The van der Waals surface area contributed by atoms with Crippen LogP contribution in [0, 0.1) is 0 Å². The van der Waals surface area contributed by atoms with Gasteiger partial charge in [-0.3, -0.25) is 0 Å². The van der Waals surface area contributed by atoms with Crippen LogP contribution in [0.4, 0.5) is 0 Å². The molecular weight excluding hydrogens is 220 g/mol. The molecule has 1 aliphatic carbocycles. The van der Waals surface area contributed by atoms with Gasteiger partial charge in [-0.25, -0.2) is 0 Å². The maximum atomic E-state index is 3.73. The van der Waals surface area contributed by atoms with Crippen molar-refractivity contribution in [1.29, 1.82) is 0 Å². The molecule has 1 aliphatic rings. The summed E-state index contributed by atoms with van der Waals surface area (Å²) in [5, 5.41) is 3.73. The van der Waals surface area contributed by atoms with Gasteiger partial charge in [-0.2, -0.15) is 0 Å². The van der Waals surface area contributed by atoms with Crippen molar-refractivity contribution in [3.63, 3.8) is 0 Å². The number of nitrogens with zero attached hydrogens (tertiary/aromatic N) is 1. The first kappa shape index (κ1) is 16.0. The first-order chi connectivity index (χ1) is 8.75. The second kappa shape index (κ2) is 9.80. The van der Waals surface area contributed by atoms with E-state index >= 15 is 0 Å². The molecule has 0 heterocycles. The molecule has 2 unspecified atom stereocenters. The van der Waals surface area contributed by atoms with Crippen LogP contribution in [0.1, 0.15) is 71.1 Å². The van der Waals surface area contributed by atoms with E-state index in [-0.39, 0.29) is 0 Å². The molecule has 108 valence electrons. The van der Waals surface area contributed by atoms with Crippen LogP contribution in [-0.4, -0.2) is 37.6 Å². The Labute approximate surface area is 115 Å². The van der Waals surface area contributed by atoms with Gasteiger partial charge in [0.15, 0.2) is 0 Å². The molecule has 0 aromatic heterocycles. The summed E-state index contributed by atoms with van der Waals surface area (Å²) in [7, 11) is 4.50. The van der Waals surface area contributed by atoms with Crippen molar-refractivity contribution in [2.75, 3.05) is 20.6 Å². The Morgan fingerprint density at radius 2 is 1.33 bits per heavy atom. The van der Waals surface area contributed by atoms with Gasteiger partial charge in [-0.15, -0.1) is 0 Å². The third kappa shape index (κ3) is 6.19. The van der Waals surface area contributed by atoms with Crippen molar-refractivity contribution in [3.8, 4) is 0 Å². The molecule has 1 fully saturated rings. The lowest BCUT2D eigenvalue weighted by atomic mass is 9.93. The third-order valence-corrected chi connectivity index (χ3v) is 4.36. The molecule has 0 aromatic carbocycles. The van der Waals surface area contributed by atoms with Gasteiger partial charge < -0.3 is 10.2 Å². The van der Waals surface area contributed by atoms with Gasteiger partial charge in [0.25, 0.3) is 0 Å². The Hall–Kier alpha value is -0.0800. The summed E-state index contributed by atoms with van der Waals surface area (Å²) in [4.78, 5) is 2.44. The number of hydrogen-bond donors (Lipinski definition) is 1. The highest BCUT2D eigenvalue weighted by molar-refractivity contribution is 4.82. The van der Waals surface area contributed by atoms with E-state index in [1.54, 1.807) is 0 Å². The van der Waals surface area contributed by atoms with Gasteiger partial charge >= 0.3 is 0 Å². The standard InChI is InChI=1S/C16H34N2/c1-4-17-15-13-11-9-7-5-6-8-10-12-14-16(15)18(2)3/h15-17H,4-14H2,1-3H3. The lowest BCUT2D eigenvalue weighted by molar-refractivity contribution is 0.201. The van der Waals surface area contributed by atoms with Crippen LogP contribution in [0.3, 0.4) is 0 Å². The average Bonchev–Trinajstić information content (AvgIpc) is 2.32. The van der Waals surface area contributed by atoms with E-state index in [2.05, 4.69) is 31.2 Å². The van der Waals surface area contributed by atoms with Gasteiger partial charge in [0.1, 0.15) is 0 Å². The fourth-order valence-corrected chi connectivity index (χ4v) is 3.29. The lowest BCUT2D eigenvalue weighted by Crippen LogP contribution is -2.47. The van der Waals surface area contributed by atoms with E-state index < -0.39 is 0 Å². The molecule has 1 saturated carbocycles. The van der Waals surface area contributed by atoms with E-state index in [9.17, 15) is 0 Å². The SMILES string of the molecule is CCNC1CCCCCCCCCCC1N(C)C. The van der Waals surface area contributed by atoms with Crippen LogP contribution in [-0.2, 0) is 0 Å². The highest BCUT2D eigenvalue weighted by atomic mass is 15.1. The molecule has 1 rings (SSSR count). The molecule has 0 bridgehead atoms. The number of hydrogen-bond acceptors (Lipinski definition) is 2. The summed E-state index contributed by atoms with van der Waals surface area (Å²) in [5.41, 5.74) is 0. The van der Waals surface area contributed by atoms with Crippen LogP contribution in [0.5, 0.6) is 0 Å². The molecular formula is C16H34N2. The Morgan fingerprint density at radius 1 is 0.833 bits per heavy atom. The van der Waals surface area contributed by atoms with Gasteiger partial charge in [0.05, 0.1) is 0 Å². The maximum Gasteiger partial charge on any atom is 0.0243 e. The first-order valence-electron chi connectivity index (χ1n) is 8.15. The highest BCUT2D eigenvalue weighted by Crippen LogP contribution is 2.19.